The molecular weight excluding hydrogens is 304 g/mol. The maximum atomic E-state index is 6.07. The van der Waals surface area contributed by atoms with Crippen LogP contribution in [-0.2, 0) is 13.7 Å². The smallest absolute Gasteiger partial charge is 0.180 e. The van der Waals surface area contributed by atoms with Gasteiger partial charge in [0.1, 0.15) is 0 Å². The van der Waals surface area contributed by atoms with Crippen LogP contribution >= 0.6 is 23.8 Å². The minimum Gasteiger partial charge on any atom is -0.369 e. The number of aryl methyl sites for hydroxylation is 1. The van der Waals surface area contributed by atoms with E-state index < -0.39 is 0 Å². The summed E-state index contributed by atoms with van der Waals surface area (Å²) in [6, 6.07) is 8.07. The number of benzene rings is 1. The van der Waals surface area contributed by atoms with Gasteiger partial charge >= 0.3 is 0 Å². The van der Waals surface area contributed by atoms with Gasteiger partial charge in [0.05, 0.1) is 6.67 Å². The number of aromatic nitrogens is 2. The third-order valence-electron chi connectivity index (χ3n) is 3.92. The van der Waals surface area contributed by atoms with Gasteiger partial charge in [-0.25, -0.2) is 0 Å². The molecule has 1 aromatic heterocycles. The van der Waals surface area contributed by atoms with E-state index in [2.05, 4.69) is 20.4 Å². The Morgan fingerprint density at radius 2 is 1.90 bits per heavy atom. The standard InChI is InChI=1S/C15H19ClN4S/c1-17-5-8-20(15(17)21)12-18-6-9-19(10-7-18)14-4-2-3-13(16)11-14/h2-5,8,11H,6-7,9-10,12H2,1H3. The summed E-state index contributed by atoms with van der Waals surface area (Å²) in [6.45, 7) is 4.95. The summed E-state index contributed by atoms with van der Waals surface area (Å²) in [5, 5.41) is 0.797. The van der Waals surface area contributed by atoms with Gasteiger partial charge in [0.2, 0.25) is 0 Å². The van der Waals surface area contributed by atoms with Crippen molar-refractivity contribution in [1.82, 2.24) is 14.0 Å². The second kappa shape index (κ2) is 6.22. The second-order valence-corrected chi connectivity index (χ2v) is 6.19. The van der Waals surface area contributed by atoms with E-state index in [0.29, 0.717) is 0 Å². The summed E-state index contributed by atoms with van der Waals surface area (Å²) in [5.41, 5.74) is 1.21. The molecule has 1 fully saturated rings. The average molecular weight is 323 g/mol. The number of piperazine rings is 1. The number of rotatable bonds is 3. The molecule has 1 saturated heterocycles. The maximum absolute atomic E-state index is 6.07. The zero-order chi connectivity index (χ0) is 14.8. The highest BCUT2D eigenvalue weighted by Gasteiger charge is 2.17. The molecule has 0 atom stereocenters. The van der Waals surface area contributed by atoms with Crippen molar-refractivity contribution < 1.29 is 0 Å². The topological polar surface area (TPSA) is 16.3 Å². The van der Waals surface area contributed by atoms with Crippen molar-refractivity contribution in [2.45, 2.75) is 6.67 Å². The van der Waals surface area contributed by atoms with E-state index in [1.54, 1.807) is 0 Å². The van der Waals surface area contributed by atoms with Crippen molar-refractivity contribution in [2.24, 2.45) is 7.05 Å². The summed E-state index contributed by atoms with van der Waals surface area (Å²) in [4.78, 5) is 4.81. The van der Waals surface area contributed by atoms with E-state index in [9.17, 15) is 0 Å². The van der Waals surface area contributed by atoms with E-state index in [1.807, 2.05) is 42.2 Å². The van der Waals surface area contributed by atoms with E-state index in [1.165, 1.54) is 5.69 Å². The molecule has 6 heteroatoms. The zero-order valence-corrected chi connectivity index (χ0v) is 13.6. The molecule has 112 valence electrons. The van der Waals surface area contributed by atoms with E-state index in [0.717, 1.165) is 42.6 Å². The number of anilines is 1. The van der Waals surface area contributed by atoms with E-state index in [4.69, 9.17) is 23.8 Å². The van der Waals surface area contributed by atoms with Gasteiger partial charge < -0.3 is 14.0 Å². The third kappa shape index (κ3) is 3.31. The van der Waals surface area contributed by atoms with Crippen molar-refractivity contribution in [3.63, 3.8) is 0 Å². The van der Waals surface area contributed by atoms with Crippen molar-refractivity contribution >= 4 is 29.5 Å². The van der Waals surface area contributed by atoms with E-state index in [-0.39, 0.29) is 0 Å². The molecular formula is C15H19ClN4S. The van der Waals surface area contributed by atoms with Crippen LogP contribution in [0.2, 0.25) is 5.02 Å². The van der Waals surface area contributed by atoms with Gasteiger partial charge in [-0.3, -0.25) is 4.90 Å². The fourth-order valence-electron chi connectivity index (χ4n) is 2.65. The molecule has 4 nitrogen and oxygen atoms in total. The molecule has 3 rings (SSSR count). The van der Waals surface area contributed by atoms with Crippen molar-refractivity contribution in [1.29, 1.82) is 0 Å². The number of hydrogen-bond donors (Lipinski definition) is 0. The highest BCUT2D eigenvalue weighted by molar-refractivity contribution is 7.71. The fourth-order valence-corrected chi connectivity index (χ4v) is 3.02. The average Bonchev–Trinajstić information content (AvgIpc) is 2.80. The quantitative estimate of drug-likeness (QED) is 0.808. The second-order valence-electron chi connectivity index (χ2n) is 5.39. The number of halogens is 1. The Bertz CT molecular complexity index is 670. The molecule has 0 unspecified atom stereocenters. The van der Waals surface area contributed by atoms with Crippen LogP contribution in [0.1, 0.15) is 0 Å². The van der Waals surface area contributed by atoms with Crippen LogP contribution in [0, 0.1) is 4.77 Å². The van der Waals surface area contributed by atoms with Crippen LogP contribution in [0.3, 0.4) is 0 Å². The lowest BCUT2D eigenvalue weighted by Crippen LogP contribution is -2.46. The minimum atomic E-state index is 0.797. The summed E-state index contributed by atoms with van der Waals surface area (Å²) < 4.78 is 4.95. The monoisotopic (exact) mass is 322 g/mol. The molecule has 1 aliphatic heterocycles. The lowest BCUT2D eigenvalue weighted by molar-refractivity contribution is 0.204. The molecule has 0 aliphatic carbocycles. The first-order valence-corrected chi connectivity index (χ1v) is 7.87. The van der Waals surface area contributed by atoms with Gasteiger partial charge in [0, 0.05) is 56.3 Å². The predicted molar refractivity (Wildman–Crippen MR) is 89.5 cm³/mol. The van der Waals surface area contributed by atoms with Crippen molar-refractivity contribution in [3.8, 4) is 0 Å². The fraction of sp³-hybridized carbons (Fsp3) is 0.400. The molecule has 0 N–H and O–H groups in total. The van der Waals surface area contributed by atoms with Crippen LogP contribution in [-0.4, -0.2) is 40.2 Å². The lowest BCUT2D eigenvalue weighted by Gasteiger charge is -2.36. The molecule has 0 radical (unpaired) electrons. The first-order valence-electron chi connectivity index (χ1n) is 7.08. The zero-order valence-electron chi connectivity index (χ0n) is 12.1. The maximum Gasteiger partial charge on any atom is 0.180 e. The van der Waals surface area contributed by atoms with Gasteiger partial charge in [-0.15, -0.1) is 0 Å². The summed E-state index contributed by atoms with van der Waals surface area (Å²) in [7, 11) is 1.98. The van der Waals surface area contributed by atoms with Crippen LogP contribution in [0.5, 0.6) is 0 Å². The third-order valence-corrected chi connectivity index (χ3v) is 4.67. The predicted octanol–water partition coefficient (Wildman–Crippen LogP) is 2.99. The van der Waals surface area contributed by atoms with Crippen molar-refractivity contribution in [3.05, 3.63) is 46.5 Å². The Kier molecular flexibility index (Phi) is 4.33. The van der Waals surface area contributed by atoms with Crippen LogP contribution in [0.15, 0.2) is 36.7 Å². The van der Waals surface area contributed by atoms with Gasteiger partial charge in [0.15, 0.2) is 4.77 Å². The molecule has 0 saturated carbocycles. The van der Waals surface area contributed by atoms with E-state index >= 15 is 0 Å². The van der Waals surface area contributed by atoms with Crippen LogP contribution in [0.25, 0.3) is 0 Å². The summed E-state index contributed by atoms with van der Waals surface area (Å²) in [6.07, 6.45) is 4.05. The molecule has 2 heterocycles. The highest BCUT2D eigenvalue weighted by Crippen LogP contribution is 2.20. The summed E-state index contributed by atoms with van der Waals surface area (Å²) in [5.74, 6) is 0. The molecule has 1 aromatic carbocycles. The Labute approximate surface area is 135 Å². The van der Waals surface area contributed by atoms with Crippen molar-refractivity contribution in [2.75, 3.05) is 31.1 Å². The molecule has 1 aliphatic rings. The minimum absolute atomic E-state index is 0.797. The Hall–Kier alpha value is -1.30. The Balaban J connectivity index is 1.60. The van der Waals surface area contributed by atoms with Gasteiger partial charge in [-0.2, -0.15) is 0 Å². The first kappa shape index (κ1) is 14.6. The molecule has 0 spiro atoms. The number of hydrogen-bond acceptors (Lipinski definition) is 3. The highest BCUT2D eigenvalue weighted by atomic mass is 35.5. The Morgan fingerprint density at radius 3 is 2.52 bits per heavy atom. The molecule has 0 bridgehead atoms. The van der Waals surface area contributed by atoms with Gasteiger partial charge in [-0.1, -0.05) is 17.7 Å². The lowest BCUT2D eigenvalue weighted by atomic mass is 10.2. The summed E-state index contributed by atoms with van der Waals surface area (Å²) >= 11 is 11.4. The van der Waals surface area contributed by atoms with Crippen LogP contribution < -0.4 is 4.90 Å². The first-order chi connectivity index (χ1) is 10.1. The van der Waals surface area contributed by atoms with Crippen LogP contribution in [0.4, 0.5) is 5.69 Å². The molecule has 21 heavy (non-hydrogen) atoms. The largest absolute Gasteiger partial charge is 0.369 e. The SMILES string of the molecule is Cn1ccn(CN2CCN(c3cccc(Cl)c3)CC2)c1=S. The molecule has 0 amide bonds. The van der Waals surface area contributed by atoms with Gasteiger partial charge in [0.25, 0.3) is 0 Å². The molecule has 2 aromatic rings. The number of nitrogens with zero attached hydrogens (tertiary/aromatic N) is 4. The Morgan fingerprint density at radius 1 is 1.14 bits per heavy atom. The normalized spacial score (nSPS) is 16.4. The number of imidazole rings is 1. The van der Waals surface area contributed by atoms with Gasteiger partial charge in [-0.05, 0) is 30.4 Å².